The third kappa shape index (κ3) is 4.78. The summed E-state index contributed by atoms with van der Waals surface area (Å²) in [7, 11) is 0. The molecule has 0 unspecified atom stereocenters. The van der Waals surface area contributed by atoms with Crippen LogP contribution in [0.3, 0.4) is 0 Å². The first-order valence-electron chi connectivity index (χ1n) is 9.12. The summed E-state index contributed by atoms with van der Waals surface area (Å²) in [5, 5.41) is 14.4. The van der Waals surface area contributed by atoms with Crippen molar-refractivity contribution < 1.29 is 18.9 Å². The van der Waals surface area contributed by atoms with Gasteiger partial charge in [0.05, 0.1) is 4.92 Å². The maximum atomic E-state index is 12.2. The van der Waals surface area contributed by atoms with E-state index in [1.165, 1.54) is 18.2 Å². The summed E-state index contributed by atoms with van der Waals surface area (Å²) in [5.41, 5.74) is 1.47. The van der Waals surface area contributed by atoms with Crippen LogP contribution in [-0.2, 0) is 11.2 Å². The van der Waals surface area contributed by atoms with Gasteiger partial charge in [0, 0.05) is 23.6 Å². The van der Waals surface area contributed by atoms with E-state index in [0.717, 1.165) is 23.8 Å². The van der Waals surface area contributed by atoms with Crippen molar-refractivity contribution in [2.24, 2.45) is 0 Å². The van der Waals surface area contributed by atoms with E-state index in [-0.39, 0.29) is 18.0 Å². The van der Waals surface area contributed by atoms with Crippen molar-refractivity contribution in [1.82, 2.24) is 0 Å². The predicted molar refractivity (Wildman–Crippen MR) is 108 cm³/mol. The standard InChI is InChI=1S/C21H20N2O6/c1-3-4-14-10-21(25)29-19-11-15(6-7-16(14)19)28-12-20(24)22-17-8-5-13(2)9-18(17)23(26)27/h5-11H,3-4,12H2,1-2H3,(H,22,24). The van der Waals surface area contributed by atoms with Crippen molar-refractivity contribution in [3.63, 3.8) is 0 Å². The minimum Gasteiger partial charge on any atom is -0.484 e. The molecule has 0 aliphatic rings. The molecule has 1 aromatic heterocycles. The summed E-state index contributed by atoms with van der Waals surface area (Å²) in [5.74, 6) is -0.193. The Morgan fingerprint density at radius 3 is 2.72 bits per heavy atom. The molecule has 8 nitrogen and oxygen atoms in total. The number of nitrogens with zero attached hydrogens (tertiary/aromatic N) is 1. The molecule has 0 saturated carbocycles. The van der Waals surface area contributed by atoms with Crippen molar-refractivity contribution in [3.05, 3.63) is 74.1 Å². The summed E-state index contributed by atoms with van der Waals surface area (Å²) < 4.78 is 10.7. The monoisotopic (exact) mass is 396 g/mol. The lowest BCUT2D eigenvalue weighted by Crippen LogP contribution is -2.20. The summed E-state index contributed by atoms with van der Waals surface area (Å²) >= 11 is 0. The third-order valence-electron chi connectivity index (χ3n) is 4.31. The fraction of sp³-hybridized carbons (Fsp3) is 0.238. The van der Waals surface area contributed by atoms with E-state index in [0.29, 0.717) is 16.9 Å². The normalized spacial score (nSPS) is 10.7. The molecule has 3 rings (SSSR count). The highest BCUT2D eigenvalue weighted by molar-refractivity contribution is 5.94. The van der Waals surface area contributed by atoms with Crippen LogP contribution in [0.15, 0.2) is 51.7 Å². The summed E-state index contributed by atoms with van der Waals surface area (Å²) in [6, 6.07) is 11.0. The smallest absolute Gasteiger partial charge is 0.336 e. The zero-order valence-electron chi connectivity index (χ0n) is 16.1. The first kappa shape index (κ1) is 20.1. The van der Waals surface area contributed by atoms with Gasteiger partial charge in [-0.3, -0.25) is 14.9 Å². The van der Waals surface area contributed by atoms with E-state index in [9.17, 15) is 19.7 Å². The topological polar surface area (TPSA) is 112 Å². The number of carbonyl (C=O) groups is 1. The third-order valence-corrected chi connectivity index (χ3v) is 4.31. The molecular weight excluding hydrogens is 376 g/mol. The van der Waals surface area contributed by atoms with Crippen LogP contribution in [0.5, 0.6) is 5.75 Å². The van der Waals surface area contributed by atoms with Crippen LogP contribution in [0.1, 0.15) is 24.5 Å². The molecule has 0 atom stereocenters. The molecule has 8 heteroatoms. The Bertz CT molecular complexity index is 1140. The Hall–Kier alpha value is -3.68. The number of nitro groups is 1. The van der Waals surface area contributed by atoms with Crippen LogP contribution in [0, 0.1) is 17.0 Å². The van der Waals surface area contributed by atoms with E-state index in [1.54, 1.807) is 31.2 Å². The van der Waals surface area contributed by atoms with E-state index >= 15 is 0 Å². The molecular formula is C21H20N2O6. The molecule has 0 aliphatic heterocycles. The second-order valence-corrected chi connectivity index (χ2v) is 6.61. The molecule has 2 aromatic carbocycles. The van der Waals surface area contributed by atoms with E-state index in [4.69, 9.17) is 9.15 Å². The average Bonchev–Trinajstić information content (AvgIpc) is 2.67. The maximum absolute atomic E-state index is 12.2. The number of nitro benzene ring substituents is 1. The number of carbonyl (C=O) groups excluding carboxylic acids is 1. The highest BCUT2D eigenvalue weighted by atomic mass is 16.6. The van der Waals surface area contributed by atoms with Gasteiger partial charge in [-0.15, -0.1) is 0 Å². The Labute approximate surface area is 166 Å². The molecule has 3 aromatic rings. The molecule has 0 bridgehead atoms. The van der Waals surface area contributed by atoms with Gasteiger partial charge < -0.3 is 14.5 Å². The van der Waals surface area contributed by atoms with E-state index < -0.39 is 16.5 Å². The zero-order chi connectivity index (χ0) is 21.0. The van der Waals surface area contributed by atoms with Crippen molar-refractivity contribution >= 4 is 28.3 Å². The molecule has 29 heavy (non-hydrogen) atoms. The Morgan fingerprint density at radius 1 is 1.21 bits per heavy atom. The van der Waals surface area contributed by atoms with Crippen molar-refractivity contribution in [1.29, 1.82) is 0 Å². The Balaban J connectivity index is 1.73. The summed E-state index contributed by atoms with van der Waals surface area (Å²) in [6.45, 7) is 3.40. The van der Waals surface area contributed by atoms with Gasteiger partial charge in [0.25, 0.3) is 11.6 Å². The quantitative estimate of drug-likeness (QED) is 0.367. The van der Waals surface area contributed by atoms with E-state index in [2.05, 4.69) is 5.32 Å². The first-order chi connectivity index (χ1) is 13.9. The van der Waals surface area contributed by atoms with E-state index in [1.807, 2.05) is 6.92 Å². The lowest BCUT2D eigenvalue weighted by atomic mass is 10.1. The lowest BCUT2D eigenvalue weighted by molar-refractivity contribution is -0.384. The number of nitrogens with one attached hydrogen (secondary N) is 1. The van der Waals surface area contributed by atoms with Crippen LogP contribution in [-0.4, -0.2) is 17.4 Å². The highest BCUT2D eigenvalue weighted by Gasteiger charge is 2.16. The molecule has 1 amide bonds. The average molecular weight is 396 g/mol. The van der Waals surface area contributed by atoms with Gasteiger partial charge in [-0.1, -0.05) is 19.4 Å². The fourth-order valence-electron chi connectivity index (χ4n) is 3.01. The van der Waals surface area contributed by atoms with Gasteiger partial charge in [0.15, 0.2) is 6.61 Å². The molecule has 1 heterocycles. The number of amides is 1. The van der Waals surface area contributed by atoms with Crippen molar-refractivity contribution in [2.45, 2.75) is 26.7 Å². The minimum absolute atomic E-state index is 0.0999. The molecule has 150 valence electrons. The van der Waals surface area contributed by atoms with Gasteiger partial charge >= 0.3 is 5.63 Å². The second kappa shape index (κ2) is 8.55. The Morgan fingerprint density at radius 2 is 2.00 bits per heavy atom. The summed E-state index contributed by atoms with van der Waals surface area (Å²) in [6.07, 6.45) is 1.64. The molecule has 0 saturated heterocycles. The van der Waals surface area contributed by atoms with Gasteiger partial charge in [-0.25, -0.2) is 4.79 Å². The van der Waals surface area contributed by atoms with Gasteiger partial charge in [-0.05, 0) is 42.7 Å². The SMILES string of the molecule is CCCc1cc(=O)oc2cc(OCC(=O)Nc3ccc(C)cc3[N+](=O)[O-])ccc12. The minimum atomic E-state index is -0.553. The molecule has 0 radical (unpaired) electrons. The number of fused-ring (bicyclic) bond motifs is 1. The number of hydrogen-bond donors (Lipinski definition) is 1. The van der Waals surface area contributed by atoms with Gasteiger partial charge in [0.1, 0.15) is 17.0 Å². The fourth-order valence-corrected chi connectivity index (χ4v) is 3.01. The van der Waals surface area contributed by atoms with Crippen LogP contribution < -0.4 is 15.7 Å². The zero-order valence-corrected chi connectivity index (χ0v) is 16.1. The van der Waals surface area contributed by atoms with Crippen LogP contribution in [0.4, 0.5) is 11.4 Å². The van der Waals surface area contributed by atoms with Crippen LogP contribution in [0.2, 0.25) is 0 Å². The molecule has 0 aliphatic carbocycles. The molecule has 0 fully saturated rings. The molecule has 0 spiro atoms. The number of rotatable bonds is 7. The van der Waals surface area contributed by atoms with Crippen molar-refractivity contribution in [2.75, 3.05) is 11.9 Å². The number of anilines is 1. The van der Waals surface area contributed by atoms with Gasteiger partial charge in [0.2, 0.25) is 0 Å². The number of ether oxygens (including phenoxy) is 1. The van der Waals surface area contributed by atoms with Crippen LogP contribution >= 0.6 is 0 Å². The lowest BCUT2D eigenvalue weighted by Gasteiger charge is -2.10. The number of hydrogen-bond acceptors (Lipinski definition) is 6. The number of aryl methyl sites for hydroxylation is 2. The molecule has 1 N–H and O–H groups in total. The van der Waals surface area contributed by atoms with Crippen LogP contribution in [0.25, 0.3) is 11.0 Å². The Kier molecular flexibility index (Phi) is 5.92. The number of benzene rings is 2. The maximum Gasteiger partial charge on any atom is 0.336 e. The highest BCUT2D eigenvalue weighted by Crippen LogP contribution is 2.26. The largest absolute Gasteiger partial charge is 0.484 e. The van der Waals surface area contributed by atoms with Gasteiger partial charge in [-0.2, -0.15) is 0 Å². The first-order valence-corrected chi connectivity index (χ1v) is 9.12. The predicted octanol–water partition coefficient (Wildman–Crippen LogP) is 3.98. The second-order valence-electron chi connectivity index (χ2n) is 6.61. The van der Waals surface area contributed by atoms with Crippen molar-refractivity contribution in [3.8, 4) is 5.75 Å². The summed E-state index contributed by atoms with van der Waals surface area (Å²) in [4.78, 5) is 34.5.